The molecular formula is C11H9Cl3N2. The fraction of sp³-hybridized carbons (Fsp3) is 0.182. The van der Waals surface area contributed by atoms with Crippen LogP contribution in [0.3, 0.4) is 0 Å². The summed E-state index contributed by atoms with van der Waals surface area (Å²) in [5.41, 5.74) is 2.61. The number of nitrogens with zero attached hydrogens (tertiary/aromatic N) is 2. The molecule has 0 N–H and O–H groups in total. The van der Waals surface area contributed by atoms with Gasteiger partial charge in [-0.05, 0) is 30.7 Å². The Hall–Kier alpha value is -0.700. The Bertz CT molecular complexity index is 500. The lowest BCUT2D eigenvalue weighted by Crippen LogP contribution is -1.99. The first-order chi connectivity index (χ1) is 7.61. The van der Waals surface area contributed by atoms with Crippen LogP contribution in [0.4, 0.5) is 0 Å². The quantitative estimate of drug-likeness (QED) is 0.750. The van der Waals surface area contributed by atoms with Crippen molar-refractivity contribution in [2.75, 3.05) is 0 Å². The summed E-state index contributed by atoms with van der Waals surface area (Å²) in [6.45, 7) is 1.86. The molecule has 0 saturated heterocycles. The number of aromatic nitrogens is 2. The molecule has 0 aliphatic rings. The molecule has 2 aromatic rings. The van der Waals surface area contributed by atoms with Crippen LogP contribution >= 0.6 is 34.8 Å². The second-order valence-electron chi connectivity index (χ2n) is 3.41. The van der Waals surface area contributed by atoms with E-state index in [9.17, 15) is 0 Å². The molecule has 84 valence electrons. The van der Waals surface area contributed by atoms with Crippen LogP contribution in [0.2, 0.25) is 10.0 Å². The molecule has 2 rings (SSSR count). The standard InChI is InChI=1S/C11H9Cl3N2/c1-7-10(14)6-16(15-7)11-3-2-9(13)4-8(11)5-12/h2-4,6H,5H2,1H3. The molecule has 0 amide bonds. The monoisotopic (exact) mass is 274 g/mol. The maximum atomic E-state index is 5.96. The van der Waals surface area contributed by atoms with E-state index in [4.69, 9.17) is 34.8 Å². The zero-order chi connectivity index (χ0) is 11.7. The number of alkyl halides is 1. The Labute approximate surface area is 109 Å². The van der Waals surface area contributed by atoms with E-state index >= 15 is 0 Å². The van der Waals surface area contributed by atoms with Crippen molar-refractivity contribution in [2.24, 2.45) is 0 Å². The van der Waals surface area contributed by atoms with Crippen molar-refractivity contribution in [1.82, 2.24) is 9.78 Å². The van der Waals surface area contributed by atoms with E-state index in [1.807, 2.05) is 19.1 Å². The van der Waals surface area contributed by atoms with Gasteiger partial charge in [-0.25, -0.2) is 4.68 Å². The van der Waals surface area contributed by atoms with Gasteiger partial charge in [0.15, 0.2) is 0 Å². The zero-order valence-corrected chi connectivity index (χ0v) is 10.8. The molecule has 0 aliphatic heterocycles. The Morgan fingerprint density at radius 1 is 1.31 bits per heavy atom. The van der Waals surface area contributed by atoms with Crippen LogP contribution < -0.4 is 0 Å². The van der Waals surface area contributed by atoms with E-state index in [-0.39, 0.29) is 0 Å². The minimum Gasteiger partial charge on any atom is -0.239 e. The van der Waals surface area contributed by atoms with Crippen molar-refractivity contribution in [3.8, 4) is 5.69 Å². The maximum Gasteiger partial charge on any atom is 0.0819 e. The lowest BCUT2D eigenvalue weighted by molar-refractivity contribution is 0.854. The van der Waals surface area contributed by atoms with Gasteiger partial charge in [-0.15, -0.1) is 11.6 Å². The van der Waals surface area contributed by atoms with Crippen molar-refractivity contribution in [2.45, 2.75) is 12.8 Å². The van der Waals surface area contributed by atoms with Crippen molar-refractivity contribution in [3.63, 3.8) is 0 Å². The van der Waals surface area contributed by atoms with Crippen molar-refractivity contribution >= 4 is 34.8 Å². The number of rotatable bonds is 2. The summed E-state index contributed by atoms with van der Waals surface area (Å²) < 4.78 is 1.71. The second-order valence-corrected chi connectivity index (χ2v) is 4.52. The van der Waals surface area contributed by atoms with E-state index in [1.165, 1.54) is 0 Å². The van der Waals surface area contributed by atoms with E-state index in [2.05, 4.69) is 5.10 Å². The maximum absolute atomic E-state index is 5.96. The molecule has 0 fully saturated rings. The van der Waals surface area contributed by atoms with E-state index < -0.39 is 0 Å². The minimum atomic E-state index is 0.381. The molecule has 0 atom stereocenters. The van der Waals surface area contributed by atoms with Crippen molar-refractivity contribution in [3.05, 3.63) is 45.7 Å². The van der Waals surface area contributed by atoms with Crippen molar-refractivity contribution in [1.29, 1.82) is 0 Å². The molecule has 5 heteroatoms. The molecule has 1 heterocycles. The molecule has 0 saturated carbocycles. The van der Waals surface area contributed by atoms with Crippen LogP contribution in [-0.2, 0) is 5.88 Å². The lowest BCUT2D eigenvalue weighted by atomic mass is 10.2. The van der Waals surface area contributed by atoms with Crippen molar-refractivity contribution < 1.29 is 0 Å². The Kier molecular flexibility index (Phi) is 3.43. The van der Waals surface area contributed by atoms with Crippen LogP contribution in [0.5, 0.6) is 0 Å². The summed E-state index contributed by atoms with van der Waals surface area (Å²) in [5.74, 6) is 0.381. The third kappa shape index (κ3) is 2.19. The molecule has 0 spiro atoms. The molecule has 2 nitrogen and oxygen atoms in total. The average Bonchev–Trinajstić information content (AvgIpc) is 2.59. The van der Waals surface area contributed by atoms with Gasteiger partial charge in [-0.3, -0.25) is 0 Å². The van der Waals surface area contributed by atoms with E-state index in [1.54, 1.807) is 16.9 Å². The molecule has 1 aromatic heterocycles. The number of hydrogen-bond donors (Lipinski definition) is 0. The zero-order valence-electron chi connectivity index (χ0n) is 8.54. The molecule has 0 aliphatic carbocycles. The van der Waals surface area contributed by atoms with Crippen LogP contribution in [0.25, 0.3) is 5.69 Å². The Morgan fingerprint density at radius 3 is 2.62 bits per heavy atom. The van der Waals surface area contributed by atoms with Crippen LogP contribution in [0, 0.1) is 6.92 Å². The Balaban J connectivity index is 2.55. The molecule has 0 radical (unpaired) electrons. The summed E-state index contributed by atoms with van der Waals surface area (Å²) >= 11 is 17.7. The van der Waals surface area contributed by atoms with E-state index in [0.717, 1.165) is 16.9 Å². The summed E-state index contributed by atoms with van der Waals surface area (Å²) in [6.07, 6.45) is 1.76. The number of hydrogen-bond acceptors (Lipinski definition) is 1. The topological polar surface area (TPSA) is 17.8 Å². The predicted octanol–water partition coefficient (Wildman–Crippen LogP) is 4.23. The Morgan fingerprint density at radius 2 is 2.06 bits per heavy atom. The van der Waals surface area contributed by atoms with Crippen LogP contribution in [-0.4, -0.2) is 9.78 Å². The first-order valence-electron chi connectivity index (χ1n) is 4.68. The largest absolute Gasteiger partial charge is 0.239 e. The normalized spacial score (nSPS) is 10.8. The second kappa shape index (κ2) is 4.66. The van der Waals surface area contributed by atoms with Crippen LogP contribution in [0.15, 0.2) is 24.4 Å². The first kappa shape index (κ1) is 11.8. The lowest BCUT2D eigenvalue weighted by Gasteiger charge is -2.07. The molecule has 16 heavy (non-hydrogen) atoms. The number of aryl methyl sites for hydroxylation is 1. The summed E-state index contributed by atoms with van der Waals surface area (Å²) in [6, 6.07) is 5.51. The SMILES string of the molecule is Cc1nn(-c2ccc(Cl)cc2CCl)cc1Cl. The first-order valence-corrected chi connectivity index (χ1v) is 5.97. The van der Waals surface area contributed by atoms with Gasteiger partial charge in [0, 0.05) is 17.1 Å². The van der Waals surface area contributed by atoms with Gasteiger partial charge < -0.3 is 0 Å². The van der Waals surface area contributed by atoms with Gasteiger partial charge in [-0.2, -0.15) is 5.10 Å². The average molecular weight is 276 g/mol. The summed E-state index contributed by atoms with van der Waals surface area (Å²) in [7, 11) is 0. The van der Waals surface area contributed by atoms with Gasteiger partial charge in [0.25, 0.3) is 0 Å². The predicted molar refractivity (Wildman–Crippen MR) is 67.9 cm³/mol. The van der Waals surface area contributed by atoms with Gasteiger partial charge in [0.1, 0.15) is 0 Å². The third-order valence-electron chi connectivity index (χ3n) is 2.27. The smallest absolute Gasteiger partial charge is 0.0819 e. The van der Waals surface area contributed by atoms with Gasteiger partial charge in [-0.1, -0.05) is 23.2 Å². The highest BCUT2D eigenvalue weighted by Gasteiger charge is 2.08. The minimum absolute atomic E-state index is 0.381. The number of halogens is 3. The highest BCUT2D eigenvalue weighted by atomic mass is 35.5. The van der Waals surface area contributed by atoms with Gasteiger partial charge in [0.05, 0.1) is 16.4 Å². The van der Waals surface area contributed by atoms with E-state index in [0.29, 0.717) is 15.9 Å². The molecule has 1 aromatic carbocycles. The van der Waals surface area contributed by atoms with Crippen LogP contribution in [0.1, 0.15) is 11.3 Å². The van der Waals surface area contributed by atoms with Gasteiger partial charge in [0.2, 0.25) is 0 Å². The third-order valence-corrected chi connectivity index (χ3v) is 3.17. The fourth-order valence-electron chi connectivity index (χ4n) is 1.45. The highest BCUT2D eigenvalue weighted by Crippen LogP contribution is 2.23. The molecule has 0 bridgehead atoms. The summed E-state index contributed by atoms with van der Waals surface area (Å²) in [4.78, 5) is 0. The number of benzene rings is 1. The summed E-state index contributed by atoms with van der Waals surface area (Å²) in [5, 5.41) is 5.60. The van der Waals surface area contributed by atoms with Gasteiger partial charge >= 0.3 is 0 Å². The fourth-order valence-corrected chi connectivity index (χ4v) is 1.99. The molecule has 0 unspecified atom stereocenters. The highest BCUT2D eigenvalue weighted by molar-refractivity contribution is 6.31. The molecular weight excluding hydrogens is 266 g/mol.